The van der Waals surface area contributed by atoms with Crippen LogP contribution in [0.25, 0.3) is 0 Å². The van der Waals surface area contributed by atoms with Crippen LogP contribution in [-0.2, 0) is 0 Å². The summed E-state index contributed by atoms with van der Waals surface area (Å²) in [5.74, 6) is 0.786. The van der Waals surface area contributed by atoms with Gasteiger partial charge in [-0.15, -0.1) is 0 Å². The molecule has 1 fully saturated rings. The molecule has 1 aliphatic rings. The average Bonchev–Trinajstić information content (AvgIpc) is 3.01. The zero-order valence-electron chi connectivity index (χ0n) is 10.1. The summed E-state index contributed by atoms with van der Waals surface area (Å²) in [6, 6.07) is 0.136. The number of urea groups is 1. The quantitative estimate of drug-likeness (QED) is 0.646. The van der Waals surface area contributed by atoms with Gasteiger partial charge in [0.25, 0.3) is 0 Å². The van der Waals surface area contributed by atoms with Crippen LogP contribution < -0.4 is 5.32 Å². The summed E-state index contributed by atoms with van der Waals surface area (Å²) >= 11 is 0. The van der Waals surface area contributed by atoms with Crippen LogP contribution in [0.5, 0.6) is 0 Å². The minimum atomic E-state index is 0.136. The van der Waals surface area contributed by atoms with E-state index in [1.807, 2.05) is 4.90 Å². The van der Waals surface area contributed by atoms with E-state index in [9.17, 15) is 4.79 Å². The Balaban J connectivity index is 2.22. The maximum absolute atomic E-state index is 11.8. The van der Waals surface area contributed by atoms with Crippen molar-refractivity contribution in [3.63, 3.8) is 0 Å². The molecule has 0 spiro atoms. The number of rotatable bonds is 7. The van der Waals surface area contributed by atoms with Crippen LogP contribution in [0.15, 0.2) is 0 Å². The molecule has 0 radical (unpaired) electrons. The van der Waals surface area contributed by atoms with Crippen LogP contribution in [-0.4, -0.2) is 30.6 Å². The number of unbranched alkanes of at least 4 members (excludes halogenated alkanes) is 1. The van der Waals surface area contributed by atoms with Gasteiger partial charge in [-0.1, -0.05) is 20.3 Å². The smallest absolute Gasteiger partial charge is 0.317 e. The van der Waals surface area contributed by atoms with Crippen molar-refractivity contribution in [1.82, 2.24) is 10.2 Å². The summed E-state index contributed by atoms with van der Waals surface area (Å²) in [5, 5.41) is 2.99. The molecule has 0 unspecified atom stereocenters. The van der Waals surface area contributed by atoms with Crippen molar-refractivity contribution in [2.45, 2.75) is 46.0 Å². The van der Waals surface area contributed by atoms with E-state index < -0.39 is 0 Å². The van der Waals surface area contributed by atoms with Crippen molar-refractivity contribution in [2.75, 3.05) is 19.6 Å². The first-order valence-electron chi connectivity index (χ1n) is 6.30. The summed E-state index contributed by atoms with van der Waals surface area (Å²) in [6.07, 6.45) is 5.88. The van der Waals surface area contributed by atoms with E-state index in [-0.39, 0.29) is 6.03 Å². The van der Waals surface area contributed by atoms with Crippen LogP contribution in [0.3, 0.4) is 0 Å². The van der Waals surface area contributed by atoms with Gasteiger partial charge in [0.05, 0.1) is 0 Å². The Morgan fingerprint density at radius 1 is 1.33 bits per heavy atom. The third-order valence-corrected chi connectivity index (χ3v) is 2.76. The predicted octanol–water partition coefficient (Wildman–Crippen LogP) is 2.62. The molecule has 0 aromatic carbocycles. The molecule has 0 aliphatic heterocycles. The van der Waals surface area contributed by atoms with Gasteiger partial charge in [-0.25, -0.2) is 4.79 Å². The highest BCUT2D eigenvalue weighted by Crippen LogP contribution is 2.29. The summed E-state index contributed by atoms with van der Waals surface area (Å²) in [7, 11) is 0. The first-order chi connectivity index (χ1) is 7.27. The average molecular weight is 212 g/mol. The minimum Gasteiger partial charge on any atom is -0.338 e. The Hall–Kier alpha value is -0.730. The SMILES string of the molecule is CCCCNC(=O)N(CCC)CC1CC1. The first-order valence-corrected chi connectivity index (χ1v) is 6.30. The van der Waals surface area contributed by atoms with E-state index in [4.69, 9.17) is 0 Å². The third-order valence-electron chi connectivity index (χ3n) is 2.76. The van der Waals surface area contributed by atoms with Crippen LogP contribution in [0.1, 0.15) is 46.0 Å². The second kappa shape index (κ2) is 6.70. The fraction of sp³-hybridized carbons (Fsp3) is 0.917. The van der Waals surface area contributed by atoms with Crippen LogP contribution >= 0.6 is 0 Å². The summed E-state index contributed by atoms with van der Waals surface area (Å²) in [4.78, 5) is 13.8. The maximum Gasteiger partial charge on any atom is 0.317 e. The molecule has 2 amide bonds. The van der Waals surface area contributed by atoms with Gasteiger partial charge >= 0.3 is 6.03 Å². The zero-order chi connectivity index (χ0) is 11.1. The van der Waals surface area contributed by atoms with Crippen molar-refractivity contribution in [1.29, 1.82) is 0 Å². The standard InChI is InChI=1S/C12H24N2O/c1-3-5-8-13-12(15)14(9-4-2)10-11-6-7-11/h11H,3-10H2,1-2H3,(H,13,15). The monoisotopic (exact) mass is 212 g/mol. The van der Waals surface area contributed by atoms with Crippen LogP contribution in [0.4, 0.5) is 4.79 Å². The Bertz CT molecular complexity index is 190. The van der Waals surface area contributed by atoms with Crippen molar-refractivity contribution < 1.29 is 4.79 Å². The zero-order valence-corrected chi connectivity index (χ0v) is 10.1. The third kappa shape index (κ3) is 5.05. The molecule has 88 valence electrons. The second-order valence-corrected chi connectivity index (χ2v) is 4.47. The molecule has 15 heavy (non-hydrogen) atoms. The molecule has 1 rings (SSSR count). The van der Waals surface area contributed by atoms with Crippen molar-refractivity contribution in [3.8, 4) is 0 Å². The maximum atomic E-state index is 11.8. The first kappa shape index (κ1) is 12.3. The lowest BCUT2D eigenvalue weighted by molar-refractivity contribution is 0.195. The lowest BCUT2D eigenvalue weighted by Gasteiger charge is -2.22. The van der Waals surface area contributed by atoms with Gasteiger partial charge in [-0.05, 0) is 31.6 Å². The number of amides is 2. The number of nitrogens with zero attached hydrogens (tertiary/aromatic N) is 1. The summed E-state index contributed by atoms with van der Waals surface area (Å²) in [5.41, 5.74) is 0. The molecule has 3 nitrogen and oxygen atoms in total. The van der Waals surface area contributed by atoms with Gasteiger partial charge in [0.15, 0.2) is 0 Å². The highest BCUT2D eigenvalue weighted by atomic mass is 16.2. The Labute approximate surface area is 93.2 Å². The molecule has 1 saturated carbocycles. The molecular weight excluding hydrogens is 188 g/mol. The molecular formula is C12H24N2O. The van der Waals surface area contributed by atoms with Crippen molar-refractivity contribution in [3.05, 3.63) is 0 Å². The van der Waals surface area contributed by atoms with E-state index in [0.29, 0.717) is 0 Å². The molecule has 1 N–H and O–H groups in total. The molecule has 0 aromatic heterocycles. The highest BCUT2D eigenvalue weighted by Gasteiger charge is 2.26. The molecule has 0 heterocycles. The van der Waals surface area contributed by atoms with Gasteiger partial charge in [-0.3, -0.25) is 0 Å². The van der Waals surface area contributed by atoms with E-state index >= 15 is 0 Å². The number of carbonyl (C=O) groups is 1. The fourth-order valence-corrected chi connectivity index (χ4v) is 1.64. The van der Waals surface area contributed by atoms with Gasteiger partial charge < -0.3 is 10.2 Å². The summed E-state index contributed by atoms with van der Waals surface area (Å²) in [6.45, 7) is 6.94. The predicted molar refractivity (Wildman–Crippen MR) is 62.9 cm³/mol. The molecule has 0 aromatic rings. The Kier molecular flexibility index (Phi) is 5.51. The van der Waals surface area contributed by atoms with Gasteiger partial charge in [-0.2, -0.15) is 0 Å². The number of hydrogen-bond acceptors (Lipinski definition) is 1. The van der Waals surface area contributed by atoms with E-state index in [0.717, 1.165) is 44.8 Å². The normalized spacial score (nSPS) is 15.1. The van der Waals surface area contributed by atoms with Gasteiger partial charge in [0.1, 0.15) is 0 Å². The van der Waals surface area contributed by atoms with Gasteiger partial charge in [0, 0.05) is 19.6 Å². The largest absolute Gasteiger partial charge is 0.338 e. The Morgan fingerprint density at radius 3 is 2.60 bits per heavy atom. The molecule has 0 bridgehead atoms. The lowest BCUT2D eigenvalue weighted by Crippen LogP contribution is -2.41. The van der Waals surface area contributed by atoms with Crippen LogP contribution in [0, 0.1) is 5.92 Å². The molecule has 1 aliphatic carbocycles. The number of hydrogen-bond donors (Lipinski definition) is 1. The minimum absolute atomic E-state index is 0.136. The molecule has 0 atom stereocenters. The highest BCUT2D eigenvalue weighted by molar-refractivity contribution is 5.74. The van der Waals surface area contributed by atoms with Crippen molar-refractivity contribution in [2.24, 2.45) is 5.92 Å². The van der Waals surface area contributed by atoms with Gasteiger partial charge in [0.2, 0.25) is 0 Å². The topological polar surface area (TPSA) is 32.3 Å². The molecule has 3 heteroatoms. The number of carbonyl (C=O) groups excluding carboxylic acids is 1. The lowest BCUT2D eigenvalue weighted by atomic mass is 10.3. The molecule has 0 saturated heterocycles. The van der Waals surface area contributed by atoms with Crippen LogP contribution in [0.2, 0.25) is 0 Å². The van der Waals surface area contributed by atoms with Crippen molar-refractivity contribution >= 4 is 6.03 Å². The summed E-state index contributed by atoms with van der Waals surface area (Å²) < 4.78 is 0. The van der Waals surface area contributed by atoms with E-state index in [1.54, 1.807) is 0 Å². The fourth-order valence-electron chi connectivity index (χ4n) is 1.64. The second-order valence-electron chi connectivity index (χ2n) is 4.47. The van der Waals surface area contributed by atoms with E-state index in [2.05, 4.69) is 19.2 Å². The number of nitrogens with one attached hydrogen (secondary N) is 1. The Morgan fingerprint density at radius 2 is 2.07 bits per heavy atom. The van der Waals surface area contributed by atoms with E-state index in [1.165, 1.54) is 12.8 Å².